The molecule has 0 aliphatic carbocycles. The number of ether oxygens (including phenoxy) is 1. The van der Waals surface area contributed by atoms with Gasteiger partial charge in [-0.2, -0.15) is 11.8 Å². The van der Waals surface area contributed by atoms with E-state index < -0.39 is 0 Å². The molecule has 1 fully saturated rings. The number of methoxy groups -OCH3 is 1. The van der Waals surface area contributed by atoms with Crippen molar-refractivity contribution in [2.45, 2.75) is 12.5 Å². The zero-order valence-corrected chi connectivity index (χ0v) is 11.5. The first-order valence-electron chi connectivity index (χ1n) is 5.92. The lowest BCUT2D eigenvalue weighted by Gasteiger charge is -2.24. The molecule has 1 aromatic carbocycles. The number of carbonyl (C=O) groups excluding carboxylic acids is 1. The molecule has 5 heteroatoms. The molecule has 0 spiro atoms. The van der Waals surface area contributed by atoms with Crippen LogP contribution >= 0.6 is 11.8 Å². The van der Waals surface area contributed by atoms with Crippen molar-refractivity contribution in [3.05, 3.63) is 23.8 Å². The Balaban J connectivity index is 2.22. The monoisotopic (exact) mass is 266 g/mol. The Morgan fingerprint density at radius 1 is 1.56 bits per heavy atom. The second-order valence-electron chi connectivity index (χ2n) is 4.35. The third-order valence-electron chi connectivity index (χ3n) is 3.29. The van der Waals surface area contributed by atoms with Gasteiger partial charge in [-0.25, -0.2) is 0 Å². The topological polar surface area (TPSA) is 55.6 Å². The predicted octanol–water partition coefficient (Wildman–Crippen LogP) is 1.85. The molecule has 1 aliphatic heterocycles. The number of benzene rings is 1. The Kier molecular flexibility index (Phi) is 4.01. The average molecular weight is 266 g/mol. The Hall–Kier alpha value is -1.36. The Labute approximate surface area is 111 Å². The molecule has 0 radical (unpaired) electrons. The molecule has 1 heterocycles. The number of rotatable bonds is 3. The zero-order chi connectivity index (χ0) is 13.1. The number of carbonyl (C=O) groups is 1. The number of anilines is 1. The highest BCUT2D eigenvalue weighted by molar-refractivity contribution is 7.99. The molecule has 1 amide bonds. The number of amides is 1. The maximum Gasteiger partial charge on any atom is 0.256 e. The maximum absolute atomic E-state index is 12.4. The van der Waals surface area contributed by atoms with Gasteiger partial charge in [-0.1, -0.05) is 6.07 Å². The van der Waals surface area contributed by atoms with Crippen LogP contribution in [-0.2, 0) is 0 Å². The van der Waals surface area contributed by atoms with Gasteiger partial charge in [0.2, 0.25) is 0 Å². The summed E-state index contributed by atoms with van der Waals surface area (Å²) in [5.74, 6) is 2.65. The quantitative estimate of drug-likeness (QED) is 0.848. The highest BCUT2D eigenvalue weighted by Crippen LogP contribution is 2.28. The van der Waals surface area contributed by atoms with Crippen LogP contribution in [0.2, 0.25) is 0 Å². The van der Waals surface area contributed by atoms with Gasteiger partial charge in [0.25, 0.3) is 5.91 Å². The fraction of sp³-hybridized carbons (Fsp3) is 0.462. The van der Waals surface area contributed by atoms with E-state index in [1.165, 1.54) is 0 Å². The molecule has 1 aromatic rings. The third-order valence-corrected chi connectivity index (χ3v) is 4.44. The molecule has 2 rings (SSSR count). The normalized spacial score (nSPS) is 18.7. The number of nitrogens with two attached hydrogens (primary N) is 1. The molecule has 18 heavy (non-hydrogen) atoms. The van der Waals surface area contributed by atoms with Crippen LogP contribution in [0.4, 0.5) is 5.69 Å². The van der Waals surface area contributed by atoms with Crippen LogP contribution in [0.3, 0.4) is 0 Å². The van der Waals surface area contributed by atoms with Crippen molar-refractivity contribution >= 4 is 23.4 Å². The Morgan fingerprint density at radius 3 is 2.94 bits per heavy atom. The van der Waals surface area contributed by atoms with Crippen LogP contribution < -0.4 is 10.5 Å². The second-order valence-corrected chi connectivity index (χ2v) is 5.50. The van der Waals surface area contributed by atoms with E-state index in [4.69, 9.17) is 10.5 Å². The Morgan fingerprint density at radius 2 is 2.33 bits per heavy atom. The molecule has 0 saturated carbocycles. The van der Waals surface area contributed by atoms with E-state index in [-0.39, 0.29) is 5.91 Å². The minimum Gasteiger partial charge on any atom is -0.495 e. The van der Waals surface area contributed by atoms with Crippen LogP contribution in [0.25, 0.3) is 0 Å². The highest BCUT2D eigenvalue weighted by Gasteiger charge is 2.26. The standard InChI is InChI=1S/C13H18N2O2S/c1-15(9-6-7-18-8-9)13(16)10-4-3-5-11(17-2)12(10)14/h3-5,9H,6-8,14H2,1-2H3. The summed E-state index contributed by atoms with van der Waals surface area (Å²) in [7, 11) is 3.40. The van der Waals surface area contributed by atoms with Crippen molar-refractivity contribution in [1.29, 1.82) is 0 Å². The number of nitrogens with zero attached hydrogens (tertiary/aromatic N) is 1. The smallest absolute Gasteiger partial charge is 0.256 e. The molecule has 98 valence electrons. The first-order chi connectivity index (χ1) is 8.65. The van der Waals surface area contributed by atoms with Crippen LogP contribution in [0, 0.1) is 0 Å². The van der Waals surface area contributed by atoms with Crippen molar-refractivity contribution < 1.29 is 9.53 Å². The van der Waals surface area contributed by atoms with E-state index in [0.29, 0.717) is 23.0 Å². The zero-order valence-electron chi connectivity index (χ0n) is 10.7. The van der Waals surface area contributed by atoms with Crippen LogP contribution in [0.1, 0.15) is 16.8 Å². The lowest BCUT2D eigenvalue weighted by atomic mass is 10.1. The highest BCUT2D eigenvalue weighted by atomic mass is 32.2. The summed E-state index contributed by atoms with van der Waals surface area (Å²) in [5.41, 5.74) is 6.89. The number of hydrogen-bond acceptors (Lipinski definition) is 4. The summed E-state index contributed by atoms with van der Waals surface area (Å²) in [6, 6.07) is 5.61. The van der Waals surface area contributed by atoms with Gasteiger partial charge >= 0.3 is 0 Å². The summed E-state index contributed by atoms with van der Waals surface area (Å²) in [6.45, 7) is 0. The molecular weight excluding hydrogens is 248 g/mol. The van der Waals surface area contributed by atoms with E-state index in [1.54, 1.807) is 30.2 Å². The first kappa shape index (κ1) is 13.1. The van der Waals surface area contributed by atoms with E-state index in [2.05, 4.69) is 0 Å². The fourth-order valence-corrected chi connectivity index (χ4v) is 3.36. The van der Waals surface area contributed by atoms with Gasteiger partial charge in [0.1, 0.15) is 5.75 Å². The van der Waals surface area contributed by atoms with Gasteiger partial charge < -0.3 is 15.4 Å². The van der Waals surface area contributed by atoms with E-state index >= 15 is 0 Å². The molecule has 1 unspecified atom stereocenters. The second kappa shape index (κ2) is 5.52. The molecular formula is C13H18N2O2S. The molecule has 1 saturated heterocycles. The average Bonchev–Trinajstić information content (AvgIpc) is 2.91. The predicted molar refractivity (Wildman–Crippen MR) is 75.2 cm³/mol. The van der Waals surface area contributed by atoms with Crippen LogP contribution in [-0.4, -0.2) is 42.5 Å². The van der Waals surface area contributed by atoms with Gasteiger partial charge in [-0.05, 0) is 24.3 Å². The van der Waals surface area contributed by atoms with Gasteiger partial charge in [0.15, 0.2) is 0 Å². The van der Waals surface area contributed by atoms with Crippen LogP contribution in [0.15, 0.2) is 18.2 Å². The fourth-order valence-electron chi connectivity index (χ4n) is 2.09. The van der Waals surface area contributed by atoms with Gasteiger partial charge in [0.05, 0.1) is 18.4 Å². The molecule has 0 bridgehead atoms. The number of nitrogen functional groups attached to an aromatic ring is 1. The summed E-state index contributed by atoms with van der Waals surface area (Å²) < 4.78 is 5.14. The van der Waals surface area contributed by atoms with E-state index in [0.717, 1.165) is 17.9 Å². The van der Waals surface area contributed by atoms with E-state index in [9.17, 15) is 4.79 Å². The van der Waals surface area contributed by atoms with Gasteiger partial charge in [0, 0.05) is 18.8 Å². The lowest BCUT2D eigenvalue weighted by Crippen LogP contribution is -2.37. The summed E-state index contributed by atoms with van der Waals surface area (Å²) in [4.78, 5) is 14.2. The maximum atomic E-state index is 12.4. The van der Waals surface area contributed by atoms with Gasteiger partial charge in [-0.3, -0.25) is 4.79 Å². The number of hydrogen-bond donors (Lipinski definition) is 1. The first-order valence-corrected chi connectivity index (χ1v) is 7.08. The molecule has 0 aromatic heterocycles. The Bertz CT molecular complexity index is 445. The minimum absolute atomic E-state index is 0.0288. The summed E-state index contributed by atoms with van der Waals surface area (Å²) in [6.07, 6.45) is 1.05. The SMILES string of the molecule is COc1cccc(C(=O)N(C)C2CCSC2)c1N. The molecule has 2 N–H and O–H groups in total. The lowest BCUT2D eigenvalue weighted by molar-refractivity contribution is 0.0748. The van der Waals surface area contributed by atoms with Crippen molar-refractivity contribution in [1.82, 2.24) is 4.90 Å². The van der Waals surface area contributed by atoms with Crippen molar-refractivity contribution in [2.75, 3.05) is 31.4 Å². The van der Waals surface area contributed by atoms with Crippen molar-refractivity contribution in [3.63, 3.8) is 0 Å². The molecule has 1 aliphatic rings. The third kappa shape index (κ3) is 2.41. The molecule has 4 nitrogen and oxygen atoms in total. The minimum atomic E-state index is -0.0288. The summed E-state index contributed by atoms with van der Waals surface area (Å²) in [5, 5.41) is 0. The van der Waals surface area contributed by atoms with E-state index in [1.807, 2.05) is 18.8 Å². The summed E-state index contributed by atoms with van der Waals surface area (Å²) >= 11 is 1.89. The number of para-hydroxylation sites is 1. The van der Waals surface area contributed by atoms with Gasteiger partial charge in [-0.15, -0.1) is 0 Å². The molecule has 1 atom stereocenters. The van der Waals surface area contributed by atoms with Crippen molar-refractivity contribution in [3.8, 4) is 5.75 Å². The van der Waals surface area contributed by atoms with Crippen LogP contribution in [0.5, 0.6) is 5.75 Å². The largest absolute Gasteiger partial charge is 0.495 e. The van der Waals surface area contributed by atoms with Crippen molar-refractivity contribution in [2.24, 2.45) is 0 Å². The number of thioether (sulfide) groups is 1.